The lowest BCUT2D eigenvalue weighted by Crippen LogP contribution is -2.41. The Morgan fingerprint density at radius 2 is 2.04 bits per heavy atom. The van der Waals surface area contributed by atoms with Crippen molar-refractivity contribution >= 4 is 27.6 Å². The number of carbonyl (C=O) groups excluding carboxylic acids is 1. The molecule has 1 aromatic rings. The van der Waals surface area contributed by atoms with E-state index in [4.69, 9.17) is 9.84 Å². The Morgan fingerprint density at radius 1 is 1.35 bits per heavy atom. The molecule has 1 unspecified atom stereocenters. The molecule has 0 aliphatic carbocycles. The summed E-state index contributed by atoms with van der Waals surface area (Å²) >= 11 is 0. The summed E-state index contributed by atoms with van der Waals surface area (Å²) in [5.41, 5.74) is 0.409. The molecule has 0 spiro atoms. The normalized spacial score (nSPS) is 16.9. The van der Waals surface area contributed by atoms with Crippen molar-refractivity contribution < 1.29 is 27.9 Å². The fourth-order valence-corrected chi connectivity index (χ4v) is 4.40. The van der Waals surface area contributed by atoms with Gasteiger partial charge < -0.3 is 14.7 Å². The molecule has 1 heterocycles. The van der Waals surface area contributed by atoms with Crippen molar-refractivity contribution in [3.63, 3.8) is 0 Å². The molecule has 0 fully saturated rings. The summed E-state index contributed by atoms with van der Waals surface area (Å²) < 4.78 is 32.7. The van der Waals surface area contributed by atoms with E-state index >= 15 is 0 Å². The second kappa shape index (κ2) is 8.05. The minimum Gasteiger partial charge on any atom is -0.487 e. The van der Waals surface area contributed by atoms with Gasteiger partial charge in [-0.05, 0) is 31.5 Å². The van der Waals surface area contributed by atoms with E-state index in [1.54, 1.807) is 0 Å². The molecule has 1 aliphatic rings. The lowest BCUT2D eigenvalue weighted by molar-refractivity contribution is -0.137. The van der Waals surface area contributed by atoms with Crippen molar-refractivity contribution in [1.29, 1.82) is 0 Å². The molecule has 1 aliphatic heterocycles. The van der Waals surface area contributed by atoms with Crippen LogP contribution in [0.5, 0.6) is 5.75 Å². The summed E-state index contributed by atoms with van der Waals surface area (Å²) in [4.78, 5) is 24.3. The number of hydrogen-bond donors (Lipinski definition) is 1. The highest BCUT2D eigenvalue weighted by molar-refractivity contribution is 7.89. The van der Waals surface area contributed by atoms with E-state index in [-0.39, 0.29) is 36.4 Å². The Hall–Kier alpha value is -2.13. The first-order valence-corrected chi connectivity index (χ1v) is 9.91. The fourth-order valence-electron chi connectivity index (χ4n) is 2.85. The number of fused-ring (bicyclic) bond motifs is 1. The number of ether oxygens (including phenoxy) is 1. The van der Waals surface area contributed by atoms with Crippen LogP contribution in [-0.2, 0) is 19.6 Å². The van der Waals surface area contributed by atoms with E-state index < -0.39 is 16.0 Å². The van der Waals surface area contributed by atoms with Gasteiger partial charge in [-0.3, -0.25) is 9.59 Å². The van der Waals surface area contributed by atoms with Crippen LogP contribution in [0.3, 0.4) is 0 Å². The molecule has 2 rings (SSSR count). The number of anilines is 1. The summed E-state index contributed by atoms with van der Waals surface area (Å²) in [6.07, 6.45) is 0.0926. The summed E-state index contributed by atoms with van der Waals surface area (Å²) in [5, 5.41) is 8.86. The maximum atomic E-state index is 13.0. The SMILES string of the molecule is CCCN(CCC(=O)O)S(=O)(=O)c1ccc2c(c1)N(C(C)=O)CC(C)O2. The highest BCUT2D eigenvalue weighted by Crippen LogP contribution is 2.36. The Morgan fingerprint density at radius 3 is 2.62 bits per heavy atom. The largest absolute Gasteiger partial charge is 0.487 e. The third-order valence-electron chi connectivity index (χ3n) is 4.06. The van der Waals surface area contributed by atoms with Crippen LogP contribution in [0.15, 0.2) is 23.1 Å². The van der Waals surface area contributed by atoms with Crippen molar-refractivity contribution in [1.82, 2.24) is 4.31 Å². The van der Waals surface area contributed by atoms with Crippen molar-refractivity contribution in [2.24, 2.45) is 0 Å². The van der Waals surface area contributed by atoms with E-state index in [0.29, 0.717) is 24.4 Å². The number of carboxylic acids is 1. The van der Waals surface area contributed by atoms with E-state index in [1.807, 2.05) is 13.8 Å². The van der Waals surface area contributed by atoms with Gasteiger partial charge in [-0.1, -0.05) is 6.92 Å². The standard InChI is InChI=1S/C17H24N2O6S/c1-4-8-18(9-7-17(21)22)26(23,24)14-5-6-16-15(10-14)19(13(3)20)11-12(2)25-16/h5-6,10,12H,4,7-9,11H2,1-3H3,(H,21,22). The first kappa shape index (κ1) is 20.2. The Kier molecular flexibility index (Phi) is 6.25. The van der Waals surface area contributed by atoms with E-state index in [0.717, 1.165) is 4.31 Å². The summed E-state index contributed by atoms with van der Waals surface area (Å²) in [5.74, 6) is -0.811. The second-order valence-corrected chi connectivity index (χ2v) is 8.17. The molecule has 0 aromatic heterocycles. The Labute approximate surface area is 153 Å². The Bertz CT molecular complexity index is 792. The van der Waals surface area contributed by atoms with Gasteiger partial charge in [0.25, 0.3) is 0 Å². The van der Waals surface area contributed by atoms with Gasteiger partial charge in [-0.15, -0.1) is 0 Å². The maximum absolute atomic E-state index is 13.0. The van der Waals surface area contributed by atoms with Gasteiger partial charge in [-0.2, -0.15) is 4.31 Å². The molecule has 1 N–H and O–H groups in total. The molecule has 0 bridgehead atoms. The lowest BCUT2D eigenvalue weighted by Gasteiger charge is -2.33. The third-order valence-corrected chi connectivity index (χ3v) is 5.95. The second-order valence-electron chi connectivity index (χ2n) is 6.24. The summed E-state index contributed by atoms with van der Waals surface area (Å²) in [6, 6.07) is 4.38. The van der Waals surface area contributed by atoms with Crippen LogP contribution in [-0.4, -0.2) is 55.4 Å². The van der Waals surface area contributed by atoms with Gasteiger partial charge in [0.05, 0.1) is 23.5 Å². The van der Waals surface area contributed by atoms with Crippen LogP contribution in [0.25, 0.3) is 0 Å². The molecule has 0 radical (unpaired) electrons. The number of benzene rings is 1. The zero-order valence-electron chi connectivity index (χ0n) is 15.1. The molecule has 9 heteroatoms. The topological polar surface area (TPSA) is 104 Å². The smallest absolute Gasteiger partial charge is 0.304 e. The van der Waals surface area contributed by atoms with Gasteiger partial charge in [0.15, 0.2) is 0 Å². The quantitative estimate of drug-likeness (QED) is 0.767. The van der Waals surface area contributed by atoms with Crippen LogP contribution in [0, 0.1) is 0 Å². The van der Waals surface area contributed by atoms with Gasteiger partial charge >= 0.3 is 5.97 Å². The van der Waals surface area contributed by atoms with Crippen LogP contribution >= 0.6 is 0 Å². The number of carbonyl (C=O) groups is 2. The summed E-state index contributed by atoms with van der Waals surface area (Å²) in [6.45, 7) is 5.52. The van der Waals surface area contributed by atoms with Gasteiger partial charge in [0.2, 0.25) is 15.9 Å². The van der Waals surface area contributed by atoms with E-state index in [9.17, 15) is 18.0 Å². The van der Waals surface area contributed by atoms with Crippen molar-refractivity contribution in [2.45, 2.75) is 44.6 Å². The molecule has 1 amide bonds. The van der Waals surface area contributed by atoms with E-state index in [1.165, 1.54) is 30.0 Å². The molecular formula is C17H24N2O6S. The molecule has 1 atom stereocenters. The van der Waals surface area contributed by atoms with Crippen LogP contribution < -0.4 is 9.64 Å². The predicted molar refractivity (Wildman–Crippen MR) is 95.9 cm³/mol. The van der Waals surface area contributed by atoms with Gasteiger partial charge in [-0.25, -0.2) is 8.42 Å². The average molecular weight is 384 g/mol. The van der Waals surface area contributed by atoms with Crippen molar-refractivity contribution in [2.75, 3.05) is 24.5 Å². The number of aliphatic carboxylic acids is 1. The number of hydrogen-bond acceptors (Lipinski definition) is 5. The van der Waals surface area contributed by atoms with Gasteiger partial charge in [0, 0.05) is 20.0 Å². The van der Waals surface area contributed by atoms with Crippen LogP contribution in [0.2, 0.25) is 0 Å². The molecule has 8 nitrogen and oxygen atoms in total. The highest BCUT2D eigenvalue weighted by atomic mass is 32.2. The van der Waals surface area contributed by atoms with Crippen LogP contribution in [0.1, 0.15) is 33.6 Å². The predicted octanol–water partition coefficient (Wildman–Crippen LogP) is 1.70. The molecule has 0 saturated heterocycles. The molecule has 0 saturated carbocycles. The fraction of sp³-hybridized carbons (Fsp3) is 0.529. The van der Waals surface area contributed by atoms with E-state index in [2.05, 4.69) is 0 Å². The number of rotatable bonds is 7. The number of amides is 1. The monoisotopic (exact) mass is 384 g/mol. The maximum Gasteiger partial charge on any atom is 0.304 e. The average Bonchev–Trinajstić information content (AvgIpc) is 2.56. The Balaban J connectivity index is 2.42. The number of sulfonamides is 1. The minimum absolute atomic E-state index is 0.0134. The zero-order valence-corrected chi connectivity index (χ0v) is 16.0. The molecule has 26 heavy (non-hydrogen) atoms. The molecule has 144 valence electrons. The number of carboxylic acid groups (broad SMARTS) is 1. The van der Waals surface area contributed by atoms with Crippen LogP contribution in [0.4, 0.5) is 5.69 Å². The number of nitrogens with zero attached hydrogens (tertiary/aromatic N) is 2. The molecule has 1 aromatic carbocycles. The van der Waals surface area contributed by atoms with Crippen molar-refractivity contribution in [3.05, 3.63) is 18.2 Å². The first-order valence-electron chi connectivity index (χ1n) is 8.47. The first-order chi connectivity index (χ1) is 12.2. The molecular weight excluding hydrogens is 360 g/mol. The van der Waals surface area contributed by atoms with Crippen molar-refractivity contribution in [3.8, 4) is 5.75 Å². The minimum atomic E-state index is -3.88. The highest BCUT2D eigenvalue weighted by Gasteiger charge is 2.30. The third kappa shape index (κ3) is 4.34. The van der Waals surface area contributed by atoms with Gasteiger partial charge in [0.1, 0.15) is 11.9 Å². The lowest BCUT2D eigenvalue weighted by atomic mass is 10.2. The summed E-state index contributed by atoms with van der Waals surface area (Å²) in [7, 11) is -3.88. The zero-order chi connectivity index (χ0) is 19.5.